The van der Waals surface area contributed by atoms with Crippen molar-refractivity contribution in [2.24, 2.45) is 0 Å². The van der Waals surface area contributed by atoms with E-state index in [0.29, 0.717) is 0 Å². The lowest BCUT2D eigenvalue weighted by atomic mass is 10.0. The Morgan fingerprint density at radius 1 is 0.667 bits per heavy atom. The highest BCUT2D eigenvalue weighted by Gasteiger charge is 2.06. The minimum Gasteiger partial charge on any atom is -0.399 e. The predicted molar refractivity (Wildman–Crippen MR) is 108 cm³/mol. The Hall–Kier alpha value is -2.68. The molecule has 0 aliphatic rings. The molecule has 3 nitrogen and oxygen atoms in total. The van der Waals surface area contributed by atoms with Crippen LogP contribution < -0.4 is 16.8 Å². The smallest absolute Gasteiger partial charge is 0.0420 e. The maximum atomic E-state index is 5.96. The van der Waals surface area contributed by atoms with Gasteiger partial charge in [0.05, 0.1) is 0 Å². The molecule has 3 aromatic carbocycles. The van der Waals surface area contributed by atoms with Gasteiger partial charge in [0.15, 0.2) is 0 Å². The van der Waals surface area contributed by atoms with Crippen LogP contribution in [0.5, 0.6) is 0 Å². The zero-order chi connectivity index (χ0) is 17.9. The quantitative estimate of drug-likeness (QED) is 0.530. The van der Waals surface area contributed by atoms with E-state index in [4.69, 9.17) is 11.5 Å². The first kappa shape index (κ1) is 17.7. The number of hydrogen-bond acceptors (Lipinski definition) is 3. The van der Waals surface area contributed by atoms with Crippen molar-refractivity contribution >= 4 is 33.5 Å². The molecule has 0 aliphatic heterocycles. The summed E-state index contributed by atoms with van der Waals surface area (Å²) in [5.74, 6) is 0. The molecule has 0 aliphatic carbocycles. The van der Waals surface area contributed by atoms with E-state index in [0.717, 1.165) is 39.3 Å². The van der Waals surface area contributed by atoms with Gasteiger partial charge in [-0.05, 0) is 84.6 Å². The van der Waals surface area contributed by atoms with E-state index in [1.165, 1.54) is 10.9 Å². The number of benzene rings is 3. The van der Waals surface area contributed by atoms with E-state index in [2.05, 4.69) is 43.4 Å². The zero-order valence-corrected chi connectivity index (χ0v) is 15.2. The van der Waals surface area contributed by atoms with Gasteiger partial charge < -0.3 is 16.8 Å². The van der Waals surface area contributed by atoms with E-state index in [-0.39, 0.29) is 0 Å². The van der Waals surface area contributed by atoms with E-state index < -0.39 is 0 Å². The van der Waals surface area contributed by atoms with Crippen molar-refractivity contribution in [3.63, 3.8) is 0 Å². The Kier molecular flexibility index (Phi) is 5.35. The molecule has 0 saturated carbocycles. The molecular weight excluding hydrogens is 294 g/mol. The van der Waals surface area contributed by atoms with Crippen molar-refractivity contribution in [2.75, 3.05) is 16.8 Å². The molecule has 0 saturated heterocycles. The Bertz CT molecular complexity index is 867. The lowest BCUT2D eigenvalue weighted by molar-refractivity contribution is 1.37. The number of anilines is 4. The van der Waals surface area contributed by atoms with Crippen LogP contribution in [0.2, 0.25) is 0 Å². The van der Waals surface area contributed by atoms with Crippen molar-refractivity contribution in [3.05, 3.63) is 59.2 Å². The second-order valence-corrected chi connectivity index (χ2v) is 5.92. The van der Waals surface area contributed by atoms with Crippen LogP contribution in [0.15, 0.2) is 42.5 Å². The van der Waals surface area contributed by atoms with E-state index in [1.54, 1.807) is 0 Å². The molecule has 5 N–H and O–H groups in total. The first-order valence-electron chi connectivity index (χ1n) is 8.37. The molecule has 3 rings (SSSR count). The summed E-state index contributed by atoms with van der Waals surface area (Å²) in [5, 5.41) is 5.86. The first-order chi connectivity index (χ1) is 11.4. The zero-order valence-electron chi connectivity index (χ0n) is 15.2. The minimum absolute atomic E-state index is 0.789. The van der Waals surface area contributed by atoms with Gasteiger partial charge in [-0.25, -0.2) is 0 Å². The number of aryl methyl sites for hydroxylation is 3. The van der Waals surface area contributed by atoms with Crippen LogP contribution >= 0.6 is 0 Å². The molecule has 0 heterocycles. The molecule has 3 heteroatoms. The number of rotatable bonds is 2. The van der Waals surface area contributed by atoms with Gasteiger partial charge in [0.25, 0.3) is 0 Å². The summed E-state index contributed by atoms with van der Waals surface area (Å²) in [6.07, 6.45) is 0. The number of nitrogens with one attached hydrogen (secondary N) is 1. The topological polar surface area (TPSA) is 64.1 Å². The molecule has 0 aromatic heterocycles. The van der Waals surface area contributed by atoms with Crippen LogP contribution in [0.1, 0.15) is 30.5 Å². The monoisotopic (exact) mass is 321 g/mol. The summed E-state index contributed by atoms with van der Waals surface area (Å²) in [6, 6.07) is 14.4. The molecule has 126 valence electrons. The van der Waals surface area contributed by atoms with E-state index in [1.807, 2.05) is 39.0 Å². The molecule has 0 amide bonds. The average molecular weight is 321 g/mol. The molecule has 0 fully saturated rings. The number of nitrogens with two attached hydrogens (primary N) is 2. The van der Waals surface area contributed by atoms with Crippen molar-refractivity contribution in [1.29, 1.82) is 0 Å². The third-order valence-corrected chi connectivity index (χ3v) is 4.09. The minimum atomic E-state index is 0.789. The van der Waals surface area contributed by atoms with Gasteiger partial charge in [-0.15, -0.1) is 0 Å². The van der Waals surface area contributed by atoms with E-state index in [9.17, 15) is 0 Å². The maximum Gasteiger partial charge on any atom is 0.0420 e. The molecule has 0 radical (unpaired) electrons. The van der Waals surface area contributed by atoms with Crippen LogP contribution in [-0.4, -0.2) is 0 Å². The molecule has 3 aromatic rings. The fourth-order valence-electron chi connectivity index (χ4n) is 2.68. The summed E-state index contributed by atoms with van der Waals surface area (Å²) >= 11 is 0. The van der Waals surface area contributed by atoms with Crippen LogP contribution in [0.25, 0.3) is 10.8 Å². The summed E-state index contributed by atoms with van der Waals surface area (Å²) < 4.78 is 0. The third-order valence-electron chi connectivity index (χ3n) is 4.09. The van der Waals surface area contributed by atoms with Gasteiger partial charge in [0.1, 0.15) is 0 Å². The van der Waals surface area contributed by atoms with Crippen molar-refractivity contribution in [3.8, 4) is 0 Å². The van der Waals surface area contributed by atoms with Crippen LogP contribution in [-0.2, 0) is 0 Å². The third kappa shape index (κ3) is 3.62. The SMILES string of the molecule is CC.Cc1cc(Nc2cc3ccc(N)cc3cc2C)c(C)cc1N. The highest BCUT2D eigenvalue weighted by atomic mass is 14.9. The molecule has 0 atom stereocenters. The van der Waals surface area contributed by atoms with Gasteiger partial charge in [-0.2, -0.15) is 0 Å². The first-order valence-corrected chi connectivity index (χ1v) is 8.37. The van der Waals surface area contributed by atoms with Crippen molar-refractivity contribution < 1.29 is 0 Å². The van der Waals surface area contributed by atoms with Gasteiger partial charge in [-0.1, -0.05) is 19.9 Å². The number of fused-ring (bicyclic) bond motifs is 1. The molecular formula is C21H27N3. The second kappa shape index (κ2) is 7.26. The Morgan fingerprint density at radius 2 is 1.29 bits per heavy atom. The Morgan fingerprint density at radius 3 is 2.00 bits per heavy atom. The predicted octanol–water partition coefficient (Wildman–Crippen LogP) is 5.70. The maximum absolute atomic E-state index is 5.96. The normalized spacial score (nSPS) is 10.2. The van der Waals surface area contributed by atoms with Gasteiger partial charge in [0, 0.05) is 22.7 Å². The molecule has 0 spiro atoms. The van der Waals surface area contributed by atoms with Crippen molar-refractivity contribution in [1.82, 2.24) is 0 Å². The lowest BCUT2D eigenvalue weighted by Gasteiger charge is -2.15. The number of nitrogen functional groups attached to an aromatic ring is 2. The summed E-state index contributed by atoms with van der Waals surface area (Å²) in [7, 11) is 0. The fraction of sp³-hybridized carbons (Fsp3) is 0.238. The molecule has 0 unspecified atom stereocenters. The Balaban J connectivity index is 0.00000100. The largest absolute Gasteiger partial charge is 0.399 e. The summed E-state index contributed by atoms with van der Waals surface area (Å²) in [5.41, 5.74) is 19.0. The average Bonchev–Trinajstić information content (AvgIpc) is 2.55. The summed E-state index contributed by atoms with van der Waals surface area (Å²) in [4.78, 5) is 0. The Labute approximate surface area is 144 Å². The van der Waals surface area contributed by atoms with Crippen molar-refractivity contribution in [2.45, 2.75) is 34.6 Å². The second-order valence-electron chi connectivity index (χ2n) is 5.92. The van der Waals surface area contributed by atoms with Crippen LogP contribution in [0, 0.1) is 20.8 Å². The standard InChI is InChI=1S/C19H21N3.C2H6/c1-11-8-18(13(3)7-17(11)21)22-19-10-14-4-5-16(20)9-15(14)6-12(19)2;1-2/h4-10,22H,20-21H2,1-3H3;1-2H3. The van der Waals surface area contributed by atoms with Crippen LogP contribution in [0.3, 0.4) is 0 Å². The highest BCUT2D eigenvalue weighted by Crippen LogP contribution is 2.30. The molecule has 0 bridgehead atoms. The number of hydrogen-bond donors (Lipinski definition) is 3. The van der Waals surface area contributed by atoms with Gasteiger partial charge in [0.2, 0.25) is 0 Å². The van der Waals surface area contributed by atoms with Gasteiger partial charge >= 0.3 is 0 Å². The summed E-state index contributed by atoms with van der Waals surface area (Å²) in [6.45, 7) is 10.2. The van der Waals surface area contributed by atoms with E-state index >= 15 is 0 Å². The lowest BCUT2D eigenvalue weighted by Crippen LogP contribution is -1.99. The highest BCUT2D eigenvalue weighted by molar-refractivity contribution is 5.90. The van der Waals surface area contributed by atoms with Crippen LogP contribution in [0.4, 0.5) is 22.7 Å². The fourth-order valence-corrected chi connectivity index (χ4v) is 2.68. The van der Waals surface area contributed by atoms with Gasteiger partial charge in [-0.3, -0.25) is 0 Å². The molecule has 24 heavy (non-hydrogen) atoms.